The zero-order valence-corrected chi connectivity index (χ0v) is 13.0. The number of amides is 1. The standard InChI is InChI=1S/C17H26N2O/c1-17(2,3)14-7-5-12(6-8-14)13-9-10-19-15(11-13)16(20)18-4/h5-8,13,15,19H,9-11H2,1-4H3,(H,18,20). The smallest absolute Gasteiger partial charge is 0.236 e. The molecule has 3 nitrogen and oxygen atoms in total. The summed E-state index contributed by atoms with van der Waals surface area (Å²) in [5.41, 5.74) is 2.91. The number of hydrogen-bond donors (Lipinski definition) is 2. The monoisotopic (exact) mass is 274 g/mol. The fourth-order valence-electron chi connectivity index (χ4n) is 2.85. The van der Waals surface area contributed by atoms with Crippen molar-refractivity contribution in [1.82, 2.24) is 10.6 Å². The third kappa shape index (κ3) is 3.40. The predicted octanol–water partition coefficient (Wildman–Crippen LogP) is 2.57. The predicted molar refractivity (Wildman–Crippen MR) is 83.0 cm³/mol. The first-order chi connectivity index (χ1) is 9.41. The van der Waals surface area contributed by atoms with Crippen molar-refractivity contribution in [2.45, 2.75) is 51.0 Å². The van der Waals surface area contributed by atoms with E-state index in [1.807, 2.05) is 0 Å². The molecule has 110 valence electrons. The quantitative estimate of drug-likeness (QED) is 0.870. The molecular weight excluding hydrogens is 248 g/mol. The van der Waals surface area contributed by atoms with Gasteiger partial charge in [-0.3, -0.25) is 4.79 Å². The lowest BCUT2D eigenvalue weighted by Crippen LogP contribution is -2.47. The van der Waals surface area contributed by atoms with Crippen LogP contribution in [0.5, 0.6) is 0 Å². The molecule has 1 amide bonds. The summed E-state index contributed by atoms with van der Waals surface area (Å²) in [5, 5.41) is 6.03. The minimum Gasteiger partial charge on any atom is -0.358 e. The van der Waals surface area contributed by atoms with E-state index in [9.17, 15) is 4.79 Å². The van der Waals surface area contributed by atoms with Crippen LogP contribution in [0.2, 0.25) is 0 Å². The normalized spacial score (nSPS) is 23.4. The maximum Gasteiger partial charge on any atom is 0.236 e. The van der Waals surface area contributed by atoms with Gasteiger partial charge in [-0.25, -0.2) is 0 Å². The highest BCUT2D eigenvalue weighted by atomic mass is 16.2. The SMILES string of the molecule is CNC(=O)C1CC(c2ccc(C(C)(C)C)cc2)CCN1. The van der Waals surface area contributed by atoms with Crippen LogP contribution in [-0.4, -0.2) is 25.5 Å². The van der Waals surface area contributed by atoms with Crippen molar-refractivity contribution in [3.63, 3.8) is 0 Å². The van der Waals surface area contributed by atoms with Gasteiger partial charge in [0.25, 0.3) is 0 Å². The molecule has 1 aliphatic rings. The summed E-state index contributed by atoms with van der Waals surface area (Å²) < 4.78 is 0. The Morgan fingerprint density at radius 1 is 1.25 bits per heavy atom. The fraction of sp³-hybridized carbons (Fsp3) is 0.588. The number of rotatable bonds is 2. The van der Waals surface area contributed by atoms with E-state index >= 15 is 0 Å². The first kappa shape index (κ1) is 15.0. The van der Waals surface area contributed by atoms with Crippen molar-refractivity contribution in [3.05, 3.63) is 35.4 Å². The highest BCUT2D eigenvalue weighted by Gasteiger charge is 2.27. The third-order valence-corrected chi connectivity index (χ3v) is 4.21. The molecule has 1 aromatic rings. The molecule has 2 rings (SSSR count). The van der Waals surface area contributed by atoms with Crippen LogP contribution in [0, 0.1) is 0 Å². The highest BCUT2D eigenvalue weighted by molar-refractivity contribution is 5.81. The van der Waals surface area contributed by atoms with Crippen molar-refractivity contribution in [2.24, 2.45) is 0 Å². The van der Waals surface area contributed by atoms with Crippen LogP contribution in [0.25, 0.3) is 0 Å². The van der Waals surface area contributed by atoms with Crippen molar-refractivity contribution in [3.8, 4) is 0 Å². The van der Waals surface area contributed by atoms with Crippen LogP contribution in [0.1, 0.15) is 50.7 Å². The average Bonchev–Trinajstić information content (AvgIpc) is 2.46. The van der Waals surface area contributed by atoms with E-state index in [0.29, 0.717) is 5.92 Å². The Labute approximate surface area is 122 Å². The van der Waals surface area contributed by atoms with Gasteiger partial charge < -0.3 is 10.6 Å². The molecule has 20 heavy (non-hydrogen) atoms. The van der Waals surface area contributed by atoms with Crippen LogP contribution in [-0.2, 0) is 10.2 Å². The molecule has 1 heterocycles. The number of carbonyl (C=O) groups is 1. The highest BCUT2D eigenvalue weighted by Crippen LogP contribution is 2.30. The number of piperidine rings is 1. The molecule has 0 saturated carbocycles. The summed E-state index contributed by atoms with van der Waals surface area (Å²) in [4.78, 5) is 11.8. The van der Waals surface area contributed by atoms with Gasteiger partial charge >= 0.3 is 0 Å². The number of nitrogens with one attached hydrogen (secondary N) is 2. The molecule has 1 aliphatic heterocycles. The van der Waals surface area contributed by atoms with Gasteiger partial charge in [0.05, 0.1) is 6.04 Å². The van der Waals surface area contributed by atoms with Crippen molar-refractivity contribution in [1.29, 1.82) is 0 Å². The summed E-state index contributed by atoms with van der Waals surface area (Å²) in [6.07, 6.45) is 1.98. The number of carbonyl (C=O) groups excluding carboxylic acids is 1. The number of likely N-dealkylation sites (N-methyl/N-ethyl adjacent to an activating group) is 1. The topological polar surface area (TPSA) is 41.1 Å². The lowest BCUT2D eigenvalue weighted by molar-refractivity contribution is -0.123. The average molecular weight is 274 g/mol. The molecule has 2 N–H and O–H groups in total. The van der Waals surface area contributed by atoms with Gasteiger partial charge in [-0.05, 0) is 41.8 Å². The molecule has 1 aromatic carbocycles. The van der Waals surface area contributed by atoms with E-state index in [1.165, 1.54) is 11.1 Å². The van der Waals surface area contributed by atoms with E-state index in [-0.39, 0.29) is 17.4 Å². The fourth-order valence-corrected chi connectivity index (χ4v) is 2.85. The van der Waals surface area contributed by atoms with E-state index in [0.717, 1.165) is 19.4 Å². The first-order valence-electron chi connectivity index (χ1n) is 7.47. The molecule has 0 spiro atoms. The van der Waals surface area contributed by atoms with E-state index < -0.39 is 0 Å². The zero-order chi connectivity index (χ0) is 14.8. The minimum atomic E-state index is -0.0546. The van der Waals surface area contributed by atoms with Gasteiger partial charge in [0.2, 0.25) is 5.91 Å². The Morgan fingerprint density at radius 3 is 2.45 bits per heavy atom. The van der Waals surface area contributed by atoms with E-state index in [4.69, 9.17) is 0 Å². The van der Waals surface area contributed by atoms with Gasteiger partial charge in [-0.15, -0.1) is 0 Å². The van der Waals surface area contributed by atoms with Crippen molar-refractivity contribution < 1.29 is 4.79 Å². The number of hydrogen-bond acceptors (Lipinski definition) is 2. The zero-order valence-electron chi connectivity index (χ0n) is 13.0. The molecule has 0 aliphatic carbocycles. The molecule has 2 unspecified atom stereocenters. The Hall–Kier alpha value is -1.35. The first-order valence-corrected chi connectivity index (χ1v) is 7.47. The molecule has 0 radical (unpaired) electrons. The molecule has 3 heteroatoms. The van der Waals surface area contributed by atoms with Gasteiger partial charge in [0.15, 0.2) is 0 Å². The second-order valence-electron chi connectivity index (χ2n) is 6.71. The van der Waals surface area contributed by atoms with Crippen LogP contribution in [0.15, 0.2) is 24.3 Å². The van der Waals surface area contributed by atoms with Crippen molar-refractivity contribution >= 4 is 5.91 Å². The largest absolute Gasteiger partial charge is 0.358 e. The summed E-state index contributed by atoms with van der Waals surface area (Å²) in [6.45, 7) is 7.60. The summed E-state index contributed by atoms with van der Waals surface area (Å²) in [5.74, 6) is 0.577. The second kappa shape index (κ2) is 5.96. The van der Waals surface area contributed by atoms with Gasteiger partial charge in [-0.1, -0.05) is 45.0 Å². The maximum absolute atomic E-state index is 11.8. The Balaban J connectivity index is 2.09. The van der Waals surface area contributed by atoms with Crippen LogP contribution >= 0.6 is 0 Å². The van der Waals surface area contributed by atoms with Crippen molar-refractivity contribution in [2.75, 3.05) is 13.6 Å². The lowest BCUT2D eigenvalue weighted by atomic mass is 9.82. The third-order valence-electron chi connectivity index (χ3n) is 4.21. The minimum absolute atomic E-state index is 0.0546. The number of benzene rings is 1. The Bertz CT molecular complexity index is 459. The lowest BCUT2D eigenvalue weighted by Gasteiger charge is -2.30. The van der Waals surface area contributed by atoms with Gasteiger partial charge in [0.1, 0.15) is 0 Å². The molecule has 1 saturated heterocycles. The Kier molecular flexibility index (Phi) is 4.48. The van der Waals surface area contributed by atoms with Gasteiger partial charge in [-0.2, -0.15) is 0 Å². The summed E-state index contributed by atoms with van der Waals surface area (Å²) in [7, 11) is 1.70. The summed E-state index contributed by atoms with van der Waals surface area (Å²) >= 11 is 0. The van der Waals surface area contributed by atoms with E-state index in [2.05, 4.69) is 55.7 Å². The molecule has 0 bridgehead atoms. The van der Waals surface area contributed by atoms with Crippen LogP contribution in [0.4, 0.5) is 0 Å². The van der Waals surface area contributed by atoms with Crippen LogP contribution in [0.3, 0.4) is 0 Å². The van der Waals surface area contributed by atoms with Crippen LogP contribution < -0.4 is 10.6 Å². The molecule has 0 aromatic heterocycles. The Morgan fingerprint density at radius 2 is 1.90 bits per heavy atom. The second-order valence-corrected chi connectivity index (χ2v) is 6.71. The summed E-state index contributed by atoms with van der Waals surface area (Å²) in [6, 6.07) is 8.87. The molecule has 1 fully saturated rings. The molecular formula is C17H26N2O. The molecule has 2 atom stereocenters. The maximum atomic E-state index is 11.8. The van der Waals surface area contributed by atoms with E-state index in [1.54, 1.807) is 7.05 Å². The van der Waals surface area contributed by atoms with Gasteiger partial charge in [0, 0.05) is 7.05 Å².